The predicted octanol–water partition coefficient (Wildman–Crippen LogP) is 3.65. The third kappa shape index (κ3) is 2.31. The van der Waals surface area contributed by atoms with E-state index in [0.29, 0.717) is 23.3 Å². The summed E-state index contributed by atoms with van der Waals surface area (Å²) < 4.78 is 0. The summed E-state index contributed by atoms with van der Waals surface area (Å²) in [5.41, 5.74) is 1.83. The van der Waals surface area contributed by atoms with Crippen molar-refractivity contribution in [1.82, 2.24) is 0 Å². The van der Waals surface area contributed by atoms with Crippen molar-refractivity contribution in [2.24, 2.45) is 23.7 Å². The highest BCUT2D eigenvalue weighted by molar-refractivity contribution is 5.86. The standard InChI is InChI=1S/C15H22O2/c1-9(2)12-6-4-10(3)13-7-5-11(15(16)17)8-14(12)13/h8,10,12-14H,1,4-7H2,2-3H3,(H,16,17)/t10-,12+,13+,14-/m1/s1. The molecule has 2 nitrogen and oxygen atoms in total. The average Bonchev–Trinajstić information content (AvgIpc) is 2.28. The number of rotatable bonds is 2. The number of hydrogen-bond acceptors (Lipinski definition) is 1. The highest BCUT2D eigenvalue weighted by Crippen LogP contribution is 2.47. The minimum absolute atomic E-state index is 0.413. The van der Waals surface area contributed by atoms with Gasteiger partial charge in [0.05, 0.1) is 0 Å². The molecule has 1 saturated carbocycles. The van der Waals surface area contributed by atoms with E-state index in [1.165, 1.54) is 18.4 Å². The molecule has 17 heavy (non-hydrogen) atoms. The SMILES string of the molecule is C=C(C)[C@@H]1CC[C@@H](C)[C@@H]2CCC(C(=O)O)=C[C@@H]21. The van der Waals surface area contributed by atoms with Crippen LogP contribution in [0, 0.1) is 23.7 Å². The largest absolute Gasteiger partial charge is 0.478 e. The molecule has 0 aromatic heterocycles. The third-order valence-corrected chi connectivity index (χ3v) is 4.67. The molecule has 0 bridgehead atoms. The van der Waals surface area contributed by atoms with E-state index in [1.807, 2.05) is 6.08 Å². The third-order valence-electron chi connectivity index (χ3n) is 4.67. The molecule has 0 aromatic carbocycles. The number of carboxylic acid groups (broad SMARTS) is 1. The number of carboxylic acids is 1. The van der Waals surface area contributed by atoms with Crippen LogP contribution < -0.4 is 0 Å². The van der Waals surface area contributed by atoms with E-state index in [2.05, 4.69) is 20.4 Å². The Morgan fingerprint density at radius 2 is 2.12 bits per heavy atom. The fourth-order valence-electron chi connectivity index (χ4n) is 3.63. The molecule has 0 unspecified atom stereocenters. The lowest BCUT2D eigenvalue weighted by Gasteiger charge is -2.43. The second-order valence-corrected chi connectivity index (χ2v) is 5.78. The fourth-order valence-corrected chi connectivity index (χ4v) is 3.63. The molecule has 0 aromatic rings. The zero-order valence-corrected chi connectivity index (χ0v) is 10.8. The maximum Gasteiger partial charge on any atom is 0.331 e. The van der Waals surface area contributed by atoms with Crippen LogP contribution in [0.2, 0.25) is 0 Å². The van der Waals surface area contributed by atoms with E-state index < -0.39 is 5.97 Å². The zero-order valence-electron chi connectivity index (χ0n) is 10.8. The highest BCUT2D eigenvalue weighted by atomic mass is 16.4. The van der Waals surface area contributed by atoms with Gasteiger partial charge in [-0.15, -0.1) is 0 Å². The van der Waals surface area contributed by atoms with Crippen LogP contribution in [0.1, 0.15) is 39.5 Å². The van der Waals surface area contributed by atoms with Crippen molar-refractivity contribution in [3.63, 3.8) is 0 Å². The lowest BCUT2D eigenvalue weighted by atomic mass is 9.61. The van der Waals surface area contributed by atoms with Gasteiger partial charge in [-0.2, -0.15) is 0 Å². The van der Waals surface area contributed by atoms with E-state index in [4.69, 9.17) is 5.11 Å². The summed E-state index contributed by atoms with van der Waals surface area (Å²) in [5.74, 6) is 1.56. The molecule has 0 aliphatic heterocycles. The van der Waals surface area contributed by atoms with E-state index in [9.17, 15) is 4.79 Å². The smallest absolute Gasteiger partial charge is 0.331 e. The number of allylic oxidation sites excluding steroid dienone is 2. The van der Waals surface area contributed by atoms with Crippen LogP contribution in [0.25, 0.3) is 0 Å². The molecule has 0 spiro atoms. The molecule has 1 fully saturated rings. The van der Waals surface area contributed by atoms with Crippen LogP contribution in [0.3, 0.4) is 0 Å². The van der Waals surface area contributed by atoms with Gasteiger partial charge in [-0.3, -0.25) is 0 Å². The van der Waals surface area contributed by atoms with Gasteiger partial charge in [-0.05, 0) is 56.3 Å². The van der Waals surface area contributed by atoms with E-state index in [0.717, 1.165) is 18.8 Å². The minimum Gasteiger partial charge on any atom is -0.478 e. The molecule has 2 heteroatoms. The van der Waals surface area contributed by atoms with Crippen molar-refractivity contribution in [1.29, 1.82) is 0 Å². The maximum absolute atomic E-state index is 11.1. The molecule has 1 N–H and O–H groups in total. The quantitative estimate of drug-likeness (QED) is 0.740. The van der Waals surface area contributed by atoms with E-state index >= 15 is 0 Å². The summed E-state index contributed by atoms with van der Waals surface area (Å²) in [5, 5.41) is 9.13. The monoisotopic (exact) mass is 234 g/mol. The van der Waals surface area contributed by atoms with E-state index in [-0.39, 0.29) is 0 Å². The number of fused-ring (bicyclic) bond motifs is 1. The van der Waals surface area contributed by atoms with Crippen LogP contribution in [-0.2, 0) is 4.79 Å². The van der Waals surface area contributed by atoms with Gasteiger partial charge < -0.3 is 5.11 Å². The Morgan fingerprint density at radius 3 is 2.71 bits per heavy atom. The predicted molar refractivity (Wildman–Crippen MR) is 68.6 cm³/mol. The highest BCUT2D eigenvalue weighted by Gasteiger charge is 2.39. The van der Waals surface area contributed by atoms with Crippen LogP contribution in [-0.4, -0.2) is 11.1 Å². The normalized spacial score (nSPS) is 36.9. The molecule has 2 aliphatic carbocycles. The zero-order chi connectivity index (χ0) is 12.6. The summed E-state index contributed by atoms with van der Waals surface area (Å²) >= 11 is 0. The van der Waals surface area contributed by atoms with Crippen molar-refractivity contribution in [3.05, 3.63) is 23.8 Å². The first-order valence-corrected chi connectivity index (χ1v) is 6.60. The Hall–Kier alpha value is -1.05. The lowest BCUT2D eigenvalue weighted by molar-refractivity contribution is -0.133. The second-order valence-electron chi connectivity index (χ2n) is 5.78. The van der Waals surface area contributed by atoms with Crippen LogP contribution in [0.4, 0.5) is 0 Å². The second kappa shape index (κ2) is 4.67. The molecule has 2 aliphatic rings. The van der Waals surface area contributed by atoms with E-state index in [1.54, 1.807) is 0 Å². The van der Waals surface area contributed by atoms with Crippen molar-refractivity contribution < 1.29 is 9.90 Å². The molecule has 0 saturated heterocycles. The Morgan fingerprint density at radius 1 is 1.41 bits per heavy atom. The Balaban J connectivity index is 2.28. The molecular weight excluding hydrogens is 212 g/mol. The molecule has 0 radical (unpaired) electrons. The summed E-state index contributed by atoms with van der Waals surface area (Å²) in [6.45, 7) is 8.48. The van der Waals surface area contributed by atoms with Crippen molar-refractivity contribution >= 4 is 5.97 Å². The van der Waals surface area contributed by atoms with Crippen LogP contribution in [0.15, 0.2) is 23.8 Å². The van der Waals surface area contributed by atoms with Gasteiger partial charge >= 0.3 is 5.97 Å². The first-order chi connectivity index (χ1) is 8.00. The lowest BCUT2D eigenvalue weighted by Crippen LogP contribution is -2.35. The summed E-state index contributed by atoms with van der Waals surface area (Å²) in [7, 11) is 0. The number of carbonyl (C=O) groups is 1. The Labute approximate surface area is 103 Å². The first kappa shape index (κ1) is 12.4. The van der Waals surface area contributed by atoms with Gasteiger partial charge in [0.15, 0.2) is 0 Å². The van der Waals surface area contributed by atoms with Crippen LogP contribution >= 0.6 is 0 Å². The molecule has 94 valence electrons. The summed E-state index contributed by atoms with van der Waals surface area (Å²) in [4.78, 5) is 11.1. The summed E-state index contributed by atoms with van der Waals surface area (Å²) in [6, 6.07) is 0. The van der Waals surface area contributed by atoms with Gasteiger partial charge in [-0.25, -0.2) is 4.79 Å². The molecule has 0 heterocycles. The average molecular weight is 234 g/mol. The molecular formula is C15H22O2. The number of hydrogen-bond donors (Lipinski definition) is 1. The van der Waals surface area contributed by atoms with Crippen molar-refractivity contribution in [3.8, 4) is 0 Å². The van der Waals surface area contributed by atoms with Crippen molar-refractivity contribution in [2.75, 3.05) is 0 Å². The molecule has 2 rings (SSSR count). The maximum atomic E-state index is 11.1. The summed E-state index contributed by atoms with van der Waals surface area (Å²) in [6.07, 6.45) is 6.24. The topological polar surface area (TPSA) is 37.3 Å². The minimum atomic E-state index is -0.734. The van der Waals surface area contributed by atoms with Gasteiger partial charge in [0, 0.05) is 5.57 Å². The van der Waals surface area contributed by atoms with Crippen LogP contribution in [0.5, 0.6) is 0 Å². The molecule has 0 amide bonds. The first-order valence-electron chi connectivity index (χ1n) is 6.60. The van der Waals surface area contributed by atoms with Gasteiger partial charge in [0.2, 0.25) is 0 Å². The van der Waals surface area contributed by atoms with Gasteiger partial charge in [-0.1, -0.05) is 25.2 Å². The van der Waals surface area contributed by atoms with Gasteiger partial charge in [0.25, 0.3) is 0 Å². The van der Waals surface area contributed by atoms with Gasteiger partial charge in [0.1, 0.15) is 0 Å². The Bertz CT molecular complexity index is 367. The molecule has 4 atom stereocenters. The Kier molecular flexibility index (Phi) is 3.41. The van der Waals surface area contributed by atoms with Crippen molar-refractivity contribution in [2.45, 2.75) is 39.5 Å². The number of aliphatic carboxylic acids is 1. The fraction of sp³-hybridized carbons (Fsp3) is 0.667.